The lowest BCUT2D eigenvalue weighted by Crippen LogP contribution is -2.40. The number of carbonyl (C=O) groups is 2. The van der Waals surface area contributed by atoms with E-state index >= 15 is 0 Å². The van der Waals surface area contributed by atoms with Gasteiger partial charge in [-0.15, -0.1) is 0 Å². The molecule has 0 unspecified atom stereocenters. The third kappa shape index (κ3) is 3.34. The van der Waals surface area contributed by atoms with Crippen molar-refractivity contribution in [2.45, 2.75) is 52.5 Å². The van der Waals surface area contributed by atoms with Crippen molar-refractivity contribution < 1.29 is 14.7 Å². The van der Waals surface area contributed by atoms with Gasteiger partial charge in [-0.05, 0) is 45.4 Å². The summed E-state index contributed by atoms with van der Waals surface area (Å²) < 4.78 is 0. The van der Waals surface area contributed by atoms with Crippen molar-refractivity contribution >= 4 is 11.9 Å². The maximum Gasteiger partial charge on any atom is 0.331 e. The number of carbonyl (C=O) groups excluding carboxylic acids is 1. The average Bonchev–Trinajstić information content (AvgIpc) is 2.36. The number of likely N-dealkylation sites (N-methyl/N-ethyl adjacent to an activating group) is 1. The second-order valence-corrected chi connectivity index (χ2v) is 5.38. The standard InChI is InChI=1S/C14H23NO3/c1-9-5-7-12(8-6-9)15(4)13(16)10(2)11(3)14(17)18/h9,12H,5-8H2,1-4H3,(H,17,18). The fourth-order valence-corrected chi connectivity index (χ4v) is 2.38. The molecule has 0 aromatic rings. The Hall–Kier alpha value is -1.32. The number of rotatable bonds is 3. The molecule has 0 spiro atoms. The second kappa shape index (κ2) is 6.03. The summed E-state index contributed by atoms with van der Waals surface area (Å²) in [5.41, 5.74) is 0.472. The Labute approximate surface area is 109 Å². The zero-order chi connectivity index (χ0) is 13.9. The lowest BCUT2D eigenvalue weighted by Gasteiger charge is -2.34. The van der Waals surface area contributed by atoms with Crippen LogP contribution in [-0.2, 0) is 9.59 Å². The third-order valence-electron chi connectivity index (χ3n) is 4.06. The number of hydrogen-bond acceptors (Lipinski definition) is 2. The summed E-state index contributed by atoms with van der Waals surface area (Å²) in [6.07, 6.45) is 4.32. The summed E-state index contributed by atoms with van der Waals surface area (Å²) >= 11 is 0. The van der Waals surface area contributed by atoms with Gasteiger partial charge < -0.3 is 10.0 Å². The first kappa shape index (κ1) is 14.7. The highest BCUT2D eigenvalue weighted by atomic mass is 16.4. The molecule has 1 aliphatic carbocycles. The number of aliphatic carboxylic acids is 1. The van der Waals surface area contributed by atoms with Crippen LogP contribution in [0, 0.1) is 5.92 Å². The molecule has 1 saturated carbocycles. The lowest BCUT2D eigenvalue weighted by atomic mass is 9.86. The molecule has 4 nitrogen and oxygen atoms in total. The Morgan fingerprint density at radius 2 is 1.56 bits per heavy atom. The van der Waals surface area contributed by atoms with E-state index in [0.29, 0.717) is 5.57 Å². The molecule has 1 aliphatic rings. The van der Waals surface area contributed by atoms with Crippen molar-refractivity contribution in [3.8, 4) is 0 Å². The zero-order valence-corrected chi connectivity index (χ0v) is 11.7. The van der Waals surface area contributed by atoms with E-state index in [9.17, 15) is 9.59 Å². The van der Waals surface area contributed by atoms with Crippen molar-refractivity contribution in [3.05, 3.63) is 11.1 Å². The van der Waals surface area contributed by atoms with Gasteiger partial charge in [0.1, 0.15) is 0 Å². The van der Waals surface area contributed by atoms with E-state index in [4.69, 9.17) is 5.11 Å². The summed E-state index contributed by atoms with van der Waals surface area (Å²) in [5, 5.41) is 8.90. The Balaban J connectivity index is 2.72. The van der Waals surface area contributed by atoms with Gasteiger partial charge in [0, 0.05) is 24.2 Å². The molecular formula is C14H23NO3. The molecular weight excluding hydrogens is 230 g/mol. The smallest absolute Gasteiger partial charge is 0.331 e. The Bertz CT molecular complexity index is 365. The van der Waals surface area contributed by atoms with Crippen LogP contribution in [0.3, 0.4) is 0 Å². The van der Waals surface area contributed by atoms with Crippen LogP contribution in [0.1, 0.15) is 46.5 Å². The normalized spacial score (nSPS) is 25.3. The minimum atomic E-state index is -1.02. The molecule has 1 N–H and O–H groups in total. The quantitative estimate of drug-likeness (QED) is 0.786. The summed E-state index contributed by atoms with van der Waals surface area (Å²) in [4.78, 5) is 24.7. The molecule has 0 bridgehead atoms. The molecule has 0 atom stereocenters. The fourth-order valence-electron chi connectivity index (χ4n) is 2.38. The Morgan fingerprint density at radius 1 is 1.06 bits per heavy atom. The first-order chi connectivity index (χ1) is 8.34. The van der Waals surface area contributed by atoms with Gasteiger partial charge in [-0.3, -0.25) is 4.79 Å². The van der Waals surface area contributed by atoms with Crippen molar-refractivity contribution in [1.29, 1.82) is 0 Å². The van der Waals surface area contributed by atoms with Crippen LogP contribution >= 0.6 is 0 Å². The van der Waals surface area contributed by atoms with Crippen LogP contribution in [0.5, 0.6) is 0 Å². The second-order valence-electron chi connectivity index (χ2n) is 5.38. The molecule has 102 valence electrons. The maximum atomic E-state index is 12.2. The number of nitrogens with zero attached hydrogens (tertiary/aromatic N) is 1. The number of carboxylic acids is 1. The molecule has 1 fully saturated rings. The van der Waals surface area contributed by atoms with E-state index in [1.807, 2.05) is 0 Å². The Kier molecular flexibility index (Phi) is 4.93. The maximum absolute atomic E-state index is 12.2. The lowest BCUT2D eigenvalue weighted by molar-refractivity contribution is -0.134. The molecule has 0 saturated heterocycles. The van der Waals surface area contributed by atoms with Gasteiger partial charge in [0.15, 0.2) is 0 Å². The van der Waals surface area contributed by atoms with Gasteiger partial charge in [0.05, 0.1) is 0 Å². The van der Waals surface area contributed by atoms with Crippen LogP contribution in [0.25, 0.3) is 0 Å². The largest absolute Gasteiger partial charge is 0.478 e. The molecule has 0 aliphatic heterocycles. The number of amides is 1. The Morgan fingerprint density at radius 3 is 2.00 bits per heavy atom. The molecule has 18 heavy (non-hydrogen) atoms. The van der Waals surface area contributed by atoms with Crippen LogP contribution in [0.15, 0.2) is 11.1 Å². The van der Waals surface area contributed by atoms with E-state index in [1.54, 1.807) is 18.9 Å². The van der Waals surface area contributed by atoms with Gasteiger partial charge in [0.2, 0.25) is 5.91 Å². The van der Waals surface area contributed by atoms with E-state index in [0.717, 1.165) is 31.6 Å². The van der Waals surface area contributed by atoms with Crippen LogP contribution in [-0.4, -0.2) is 35.0 Å². The van der Waals surface area contributed by atoms with Crippen LogP contribution < -0.4 is 0 Å². The molecule has 1 amide bonds. The van der Waals surface area contributed by atoms with Crippen LogP contribution in [0.2, 0.25) is 0 Å². The van der Waals surface area contributed by atoms with Gasteiger partial charge in [-0.2, -0.15) is 0 Å². The summed E-state index contributed by atoms with van der Waals surface area (Å²) in [5.74, 6) is -0.442. The molecule has 0 aromatic carbocycles. The van der Waals surface area contributed by atoms with Gasteiger partial charge in [0.25, 0.3) is 0 Å². The third-order valence-corrected chi connectivity index (χ3v) is 4.06. The van der Waals surface area contributed by atoms with Crippen molar-refractivity contribution in [1.82, 2.24) is 4.90 Å². The molecule has 0 aromatic heterocycles. The molecule has 0 heterocycles. The van der Waals surface area contributed by atoms with E-state index in [-0.39, 0.29) is 17.5 Å². The first-order valence-electron chi connectivity index (χ1n) is 6.52. The van der Waals surface area contributed by atoms with E-state index in [2.05, 4.69) is 6.92 Å². The van der Waals surface area contributed by atoms with Crippen molar-refractivity contribution in [2.75, 3.05) is 7.05 Å². The van der Waals surface area contributed by atoms with Gasteiger partial charge in [-0.1, -0.05) is 6.92 Å². The SMILES string of the molecule is CC(C(=O)O)=C(C)C(=O)N(C)C1CCC(C)CC1. The summed E-state index contributed by atoms with van der Waals surface area (Å²) in [6, 6.07) is 0.255. The zero-order valence-electron chi connectivity index (χ0n) is 11.7. The van der Waals surface area contributed by atoms with E-state index < -0.39 is 5.97 Å². The van der Waals surface area contributed by atoms with Gasteiger partial charge >= 0.3 is 5.97 Å². The molecule has 1 rings (SSSR count). The molecule has 0 radical (unpaired) electrons. The summed E-state index contributed by atoms with van der Waals surface area (Å²) in [6.45, 7) is 5.30. The van der Waals surface area contributed by atoms with Crippen molar-refractivity contribution in [3.63, 3.8) is 0 Å². The monoisotopic (exact) mass is 253 g/mol. The predicted molar refractivity (Wildman–Crippen MR) is 70.2 cm³/mol. The van der Waals surface area contributed by atoms with E-state index in [1.165, 1.54) is 6.92 Å². The molecule has 4 heteroatoms. The topological polar surface area (TPSA) is 57.6 Å². The number of hydrogen-bond donors (Lipinski definition) is 1. The minimum Gasteiger partial charge on any atom is -0.478 e. The summed E-state index contributed by atoms with van der Waals surface area (Å²) in [7, 11) is 1.78. The van der Waals surface area contributed by atoms with Crippen LogP contribution in [0.4, 0.5) is 0 Å². The van der Waals surface area contributed by atoms with Gasteiger partial charge in [-0.25, -0.2) is 4.79 Å². The number of carboxylic acid groups (broad SMARTS) is 1. The predicted octanol–water partition coefficient (Wildman–Crippen LogP) is 2.44. The fraction of sp³-hybridized carbons (Fsp3) is 0.714. The minimum absolute atomic E-state index is 0.135. The highest BCUT2D eigenvalue weighted by molar-refractivity contribution is 6.01. The highest BCUT2D eigenvalue weighted by Gasteiger charge is 2.26. The highest BCUT2D eigenvalue weighted by Crippen LogP contribution is 2.27. The average molecular weight is 253 g/mol. The first-order valence-corrected chi connectivity index (χ1v) is 6.52. The van der Waals surface area contributed by atoms with Crippen molar-refractivity contribution in [2.24, 2.45) is 5.92 Å².